The minimum Gasteiger partial charge on any atom is -0.339 e. The van der Waals surface area contributed by atoms with E-state index >= 15 is 0 Å². The van der Waals surface area contributed by atoms with Gasteiger partial charge in [-0.3, -0.25) is 9.59 Å². The monoisotopic (exact) mass is 469 g/mol. The van der Waals surface area contributed by atoms with E-state index in [4.69, 9.17) is 6.57 Å². The number of hydrogen-bond acceptors (Lipinski definition) is 3. The van der Waals surface area contributed by atoms with Crippen molar-refractivity contribution in [2.24, 2.45) is 0 Å². The fraction of sp³-hybridized carbons (Fsp3) is 0.200. The van der Waals surface area contributed by atoms with Crippen molar-refractivity contribution in [2.45, 2.75) is 12.4 Å². The maximum atomic E-state index is 13.4. The van der Waals surface area contributed by atoms with Gasteiger partial charge in [-0.2, -0.15) is 26.3 Å². The van der Waals surface area contributed by atoms with Gasteiger partial charge in [-0.05, 0) is 29.8 Å². The molecule has 172 valence electrons. The maximum absolute atomic E-state index is 13.4. The summed E-state index contributed by atoms with van der Waals surface area (Å²) < 4.78 is 77.4. The minimum absolute atomic E-state index is 0.000196. The average molecular weight is 469 g/mol. The second-order valence-corrected chi connectivity index (χ2v) is 6.89. The number of H-pyrrole nitrogens is 1. The number of nitrogens with one attached hydrogen (secondary N) is 2. The van der Waals surface area contributed by atoms with Crippen LogP contribution in [0.15, 0.2) is 36.4 Å². The highest BCUT2D eigenvalue weighted by Crippen LogP contribution is 2.39. The Labute approximate surface area is 181 Å². The number of likely N-dealkylation sites (N-methyl/N-ethyl adjacent to an activating group) is 1. The third kappa shape index (κ3) is 5.40. The summed E-state index contributed by atoms with van der Waals surface area (Å²) in [7, 11) is 0.804. The fourth-order valence-electron chi connectivity index (χ4n) is 2.98. The zero-order chi connectivity index (χ0) is 24.6. The van der Waals surface area contributed by atoms with Gasteiger partial charge < -0.3 is 15.2 Å². The van der Waals surface area contributed by atoms with Gasteiger partial charge in [0.15, 0.2) is 5.69 Å². The zero-order valence-corrected chi connectivity index (χ0v) is 16.6. The molecule has 0 aliphatic rings. The molecule has 0 atom stereocenters. The molecule has 0 bridgehead atoms. The highest BCUT2D eigenvalue weighted by Gasteiger charge is 2.34. The molecule has 2 amide bonds. The molecule has 0 spiro atoms. The Morgan fingerprint density at radius 3 is 2.42 bits per heavy atom. The summed E-state index contributed by atoms with van der Waals surface area (Å²) in [5.74, 6) is -3.03. The number of anilines is 1. The number of hydrogen-bond donors (Lipinski definition) is 2. The van der Waals surface area contributed by atoms with Gasteiger partial charge >= 0.3 is 24.2 Å². The van der Waals surface area contributed by atoms with Crippen molar-refractivity contribution in [1.82, 2.24) is 14.9 Å². The van der Waals surface area contributed by atoms with Crippen LogP contribution in [0.2, 0.25) is 0 Å². The highest BCUT2D eigenvalue weighted by molar-refractivity contribution is 6.39. The van der Waals surface area contributed by atoms with Gasteiger partial charge in [-0.1, -0.05) is 12.1 Å². The SMILES string of the molecule is [C-]#[N+]c1ccc(C(F)(F)F)c(-c2cc3ccc(NC(=O)C(=O)N(C)CC(F)(F)F)nc3[nH]2)c1. The lowest BCUT2D eigenvalue weighted by Crippen LogP contribution is -2.42. The molecule has 0 aliphatic heterocycles. The average Bonchev–Trinajstić information content (AvgIpc) is 3.14. The first-order valence-corrected chi connectivity index (χ1v) is 9.00. The van der Waals surface area contributed by atoms with Gasteiger partial charge in [-0.15, -0.1) is 0 Å². The van der Waals surface area contributed by atoms with Crippen LogP contribution in [0.1, 0.15) is 5.56 Å². The Morgan fingerprint density at radius 1 is 1.12 bits per heavy atom. The van der Waals surface area contributed by atoms with Gasteiger partial charge in [0.25, 0.3) is 0 Å². The van der Waals surface area contributed by atoms with E-state index in [1.165, 1.54) is 18.2 Å². The van der Waals surface area contributed by atoms with Gasteiger partial charge in [0.1, 0.15) is 18.0 Å². The standard InChI is InChI=1S/C20H13F6N5O2/c1-27-11-4-5-13(20(24,25)26)12(8-11)14-7-10-3-6-15(29-16(10)28-14)30-17(32)18(33)31(2)9-19(21,22)23/h3-8H,9H2,2H3,(H2,28,29,30,32). The van der Waals surface area contributed by atoms with Crippen molar-refractivity contribution >= 4 is 34.4 Å². The number of rotatable bonds is 3. The largest absolute Gasteiger partial charge is 0.416 e. The fourth-order valence-corrected chi connectivity index (χ4v) is 2.98. The predicted molar refractivity (Wildman–Crippen MR) is 105 cm³/mol. The van der Waals surface area contributed by atoms with E-state index < -0.39 is 36.3 Å². The van der Waals surface area contributed by atoms with E-state index in [1.807, 2.05) is 0 Å². The number of pyridine rings is 1. The normalized spacial score (nSPS) is 11.8. The molecule has 2 heterocycles. The number of aromatic nitrogens is 2. The molecular formula is C20H13F6N5O2. The van der Waals surface area contributed by atoms with Crippen LogP contribution >= 0.6 is 0 Å². The van der Waals surface area contributed by atoms with E-state index in [9.17, 15) is 35.9 Å². The molecule has 0 unspecified atom stereocenters. The van der Waals surface area contributed by atoms with Gasteiger partial charge in [0.2, 0.25) is 0 Å². The molecule has 3 rings (SSSR count). The number of fused-ring (bicyclic) bond motifs is 1. The van der Waals surface area contributed by atoms with E-state index in [0.29, 0.717) is 5.39 Å². The third-order valence-corrected chi connectivity index (χ3v) is 4.41. The maximum Gasteiger partial charge on any atom is 0.416 e. The molecular weight excluding hydrogens is 456 g/mol. The highest BCUT2D eigenvalue weighted by atomic mass is 19.4. The van der Waals surface area contributed by atoms with Crippen LogP contribution < -0.4 is 5.32 Å². The molecule has 7 nitrogen and oxygen atoms in total. The Bertz CT molecular complexity index is 1270. The number of aromatic amines is 1. The van der Waals surface area contributed by atoms with Crippen molar-refractivity contribution in [1.29, 1.82) is 0 Å². The molecule has 33 heavy (non-hydrogen) atoms. The molecule has 0 aliphatic carbocycles. The summed E-state index contributed by atoms with van der Waals surface area (Å²) in [4.78, 5) is 33.7. The number of halogens is 6. The molecule has 0 saturated carbocycles. The van der Waals surface area contributed by atoms with Crippen LogP contribution in [0.3, 0.4) is 0 Å². The third-order valence-electron chi connectivity index (χ3n) is 4.41. The Balaban J connectivity index is 1.90. The van der Waals surface area contributed by atoms with Crippen molar-refractivity contribution in [2.75, 3.05) is 18.9 Å². The molecule has 1 aromatic carbocycles. The smallest absolute Gasteiger partial charge is 0.339 e. The molecule has 2 aromatic heterocycles. The predicted octanol–water partition coefficient (Wildman–Crippen LogP) is 4.76. The van der Waals surface area contributed by atoms with Crippen LogP contribution in [-0.4, -0.2) is 46.5 Å². The molecule has 0 fully saturated rings. The van der Waals surface area contributed by atoms with Gasteiger partial charge in [-0.25, -0.2) is 9.83 Å². The number of carbonyl (C=O) groups excluding carboxylic acids is 2. The van der Waals surface area contributed by atoms with Gasteiger partial charge in [0, 0.05) is 18.1 Å². The van der Waals surface area contributed by atoms with Crippen LogP contribution in [0.5, 0.6) is 0 Å². The van der Waals surface area contributed by atoms with Gasteiger partial charge in [0.05, 0.1) is 12.1 Å². The van der Waals surface area contributed by atoms with E-state index in [1.54, 1.807) is 0 Å². The first-order valence-electron chi connectivity index (χ1n) is 9.00. The second kappa shape index (κ2) is 8.45. The quantitative estimate of drug-likeness (QED) is 0.330. The summed E-state index contributed by atoms with van der Waals surface area (Å²) in [6, 6.07) is 6.87. The van der Waals surface area contributed by atoms with Crippen molar-refractivity contribution < 1.29 is 35.9 Å². The van der Waals surface area contributed by atoms with E-state index in [0.717, 1.165) is 25.2 Å². The van der Waals surface area contributed by atoms with Crippen molar-refractivity contribution in [3.63, 3.8) is 0 Å². The summed E-state index contributed by atoms with van der Waals surface area (Å²) >= 11 is 0. The molecule has 3 aromatic rings. The summed E-state index contributed by atoms with van der Waals surface area (Å²) in [5.41, 5.74) is -1.24. The summed E-state index contributed by atoms with van der Waals surface area (Å²) in [6.07, 6.45) is -9.38. The number of nitrogens with zero attached hydrogens (tertiary/aromatic N) is 3. The Hall–Kier alpha value is -4.08. The van der Waals surface area contributed by atoms with Crippen LogP contribution in [0.25, 0.3) is 27.1 Å². The first-order chi connectivity index (χ1) is 15.3. The number of benzene rings is 1. The lowest BCUT2D eigenvalue weighted by Gasteiger charge is -2.18. The molecule has 0 radical (unpaired) electrons. The molecule has 2 N–H and O–H groups in total. The topological polar surface area (TPSA) is 82.4 Å². The van der Waals surface area contributed by atoms with Crippen LogP contribution in [-0.2, 0) is 15.8 Å². The first kappa shape index (κ1) is 23.6. The van der Waals surface area contributed by atoms with E-state index in [2.05, 4.69) is 20.1 Å². The van der Waals surface area contributed by atoms with E-state index in [-0.39, 0.29) is 33.3 Å². The van der Waals surface area contributed by atoms with Crippen LogP contribution in [0.4, 0.5) is 37.8 Å². The molecule has 13 heteroatoms. The number of carbonyl (C=O) groups is 2. The summed E-state index contributed by atoms with van der Waals surface area (Å²) in [6.45, 7) is 5.40. The van der Waals surface area contributed by atoms with Crippen molar-refractivity contribution in [3.8, 4) is 11.3 Å². The Morgan fingerprint density at radius 2 is 1.82 bits per heavy atom. The van der Waals surface area contributed by atoms with Crippen molar-refractivity contribution in [3.05, 3.63) is 53.4 Å². The minimum atomic E-state index is -4.69. The Kier molecular flexibility index (Phi) is 6.04. The lowest BCUT2D eigenvalue weighted by atomic mass is 10.0. The lowest BCUT2D eigenvalue weighted by molar-refractivity contribution is -0.161. The van der Waals surface area contributed by atoms with Crippen LogP contribution in [0, 0.1) is 6.57 Å². The summed E-state index contributed by atoms with van der Waals surface area (Å²) in [5, 5.41) is 2.41. The zero-order valence-electron chi connectivity index (χ0n) is 16.6. The second-order valence-electron chi connectivity index (χ2n) is 6.89. The number of alkyl halides is 6. The molecule has 0 saturated heterocycles. The number of amides is 2.